The van der Waals surface area contributed by atoms with Crippen molar-refractivity contribution in [3.8, 4) is 6.19 Å². The average molecular weight is 294 g/mol. The van der Waals surface area contributed by atoms with Crippen molar-refractivity contribution in [2.75, 3.05) is 6.26 Å². The third kappa shape index (κ3) is 3.45. The van der Waals surface area contributed by atoms with Gasteiger partial charge in [0.05, 0.1) is 0 Å². The molecule has 0 aliphatic carbocycles. The summed E-state index contributed by atoms with van der Waals surface area (Å²) in [6, 6.07) is 1.93. The fourth-order valence-corrected chi connectivity index (χ4v) is 2.12. The number of rotatable bonds is 3. The van der Waals surface area contributed by atoms with Crippen LogP contribution in [0.1, 0.15) is 24.2 Å². The number of hydrogen-bond donors (Lipinski definition) is 0. The molecule has 0 saturated heterocycles. The molecule has 2 unspecified atom stereocenters. The largest absolute Gasteiger partial charge is 0.772 e. The minimum Gasteiger partial charge on any atom is -0.772 e. The lowest BCUT2D eigenvalue weighted by Gasteiger charge is -2.14. The van der Waals surface area contributed by atoms with Gasteiger partial charge in [-0.2, -0.15) is 12.7 Å². The van der Waals surface area contributed by atoms with Crippen LogP contribution in [-0.2, 0) is 16.4 Å². The Morgan fingerprint density at radius 2 is 2.22 bits per heavy atom. The molecule has 0 saturated carbocycles. The molecule has 1 rings (SSSR count). The minimum atomic E-state index is -3.52. The second-order valence-electron chi connectivity index (χ2n) is 3.50. The van der Waals surface area contributed by atoms with Crippen LogP contribution in [0, 0.1) is 11.5 Å². The summed E-state index contributed by atoms with van der Waals surface area (Å²) in [5.41, 5.74) is -0.0716. The van der Waals surface area contributed by atoms with Gasteiger partial charge in [0, 0.05) is 11.8 Å². The molecule has 1 aromatic rings. The van der Waals surface area contributed by atoms with Gasteiger partial charge in [0.2, 0.25) is 0 Å². The van der Waals surface area contributed by atoms with Crippen molar-refractivity contribution in [1.82, 2.24) is 4.98 Å². The first-order chi connectivity index (χ1) is 8.27. The third-order valence-corrected chi connectivity index (χ3v) is 3.43. The highest BCUT2D eigenvalue weighted by Gasteiger charge is 2.29. The van der Waals surface area contributed by atoms with Gasteiger partial charge in [-0.15, -0.1) is 11.0 Å². The Kier molecular flexibility index (Phi) is 4.73. The van der Waals surface area contributed by atoms with Gasteiger partial charge in [0.15, 0.2) is 5.26 Å². The second-order valence-corrected chi connectivity index (χ2v) is 5.22. The monoisotopic (exact) mass is 293 g/mol. The van der Waals surface area contributed by atoms with Crippen molar-refractivity contribution in [3.05, 3.63) is 29.6 Å². The van der Waals surface area contributed by atoms with E-state index < -0.39 is 28.1 Å². The van der Waals surface area contributed by atoms with E-state index in [4.69, 9.17) is 16.9 Å². The summed E-state index contributed by atoms with van der Waals surface area (Å²) < 4.78 is 37.8. The SMILES string of the molecule is CC(c1ccc(C(F)(F)Cl)nc1)[N+](C#N)=S(C)[O-]. The Morgan fingerprint density at radius 1 is 1.61 bits per heavy atom. The van der Waals surface area contributed by atoms with E-state index in [2.05, 4.69) is 4.98 Å². The maximum atomic E-state index is 12.7. The summed E-state index contributed by atoms with van der Waals surface area (Å²) in [5, 5.41) is 5.31. The van der Waals surface area contributed by atoms with E-state index in [0.29, 0.717) is 5.56 Å². The predicted molar refractivity (Wildman–Crippen MR) is 62.3 cm³/mol. The van der Waals surface area contributed by atoms with Gasteiger partial charge in [0.25, 0.3) is 0 Å². The summed E-state index contributed by atoms with van der Waals surface area (Å²) in [6.07, 6.45) is 4.32. The lowest BCUT2D eigenvalue weighted by molar-refractivity contribution is -0.463. The molecule has 98 valence electrons. The number of nitriles is 1. The smallest absolute Gasteiger partial charge is 0.465 e. The maximum Gasteiger partial charge on any atom is 0.465 e. The van der Waals surface area contributed by atoms with Crippen molar-refractivity contribution < 1.29 is 17.3 Å². The molecular weight excluding hydrogens is 284 g/mol. The molecule has 1 aromatic heterocycles. The Hall–Kier alpha value is -1.10. The van der Waals surface area contributed by atoms with Crippen molar-refractivity contribution in [2.45, 2.75) is 18.3 Å². The van der Waals surface area contributed by atoms with E-state index in [0.717, 1.165) is 10.0 Å². The van der Waals surface area contributed by atoms with E-state index in [-0.39, 0.29) is 0 Å². The van der Waals surface area contributed by atoms with Crippen molar-refractivity contribution in [3.63, 3.8) is 0 Å². The minimum absolute atomic E-state index is 0.497. The molecule has 1 heterocycles. The molecule has 0 aliphatic rings. The molecule has 0 aromatic carbocycles. The Morgan fingerprint density at radius 3 is 2.56 bits per heavy atom. The zero-order valence-corrected chi connectivity index (χ0v) is 11.2. The molecule has 2 atom stereocenters. The number of hydrogen-bond acceptors (Lipinski definition) is 3. The fraction of sp³-hybridized carbons (Fsp3) is 0.400. The molecule has 0 fully saturated rings. The molecule has 0 aliphatic heterocycles. The molecule has 0 radical (unpaired) electrons. The van der Waals surface area contributed by atoms with Gasteiger partial charge in [0.1, 0.15) is 11.7 Å². The lowest BCUT2D eigenvalue weighted by atomic mass is 10.1. The lowest BCUT2D eigenvalue weighted by Crippen LogP contribution is -2.16. The van der Waals surface area contributed by atoms with Crippen LogP contribution >= 0.6 is 11.6 Å². The summed E-state index contributed by atoms with van der Waals surface area (Å²) in [4.78, 5) is 3.53. The van der Waals surface area contributed by atoms with Crippen LogP contribution < -0.4 is 0 Å². The molecule has 8 heteroatoms. The number of aromatic nitrogens is 1. The predicted octanol–water partition coefficient (Wildman–Crippen LogP) is 2.49. The molecular formula is C10H10ClF2N3OS. The molecule has 0 N–H and O–H groups in total. The second kappa shape index (κ2) is 5.69. The normalized spacial score (nSPS) is 15.7. The number of nitrogens with zero attached hydrogens (tertiary/aromatic N) is 3. The fourth-order valence-electron chi connectivity index (χ4n) is 1.32. The molecule has 18 heavy (non-hydrogen) atoms. The van der Waals surface area contributed by atoms with Crippen molar-refractivity contribution >= 4 is 22.6 Å². The van der Waals surface area contributed by atoms with E-state index in [1.54, 1.807) is 13.1 Å². The van der Waals surface area contributed by atoms with Crippen LogP contribution in [0.3, 0.4) is 0 Å². The van der Waals surface area contributed by atoms with Crippen molar-refractivity contribution in [1.29, 1.82) is 5.26 Å². The highest BCUT2D eigenvalue weighted by Crippen LogP contribution is 2.31. The van der Waals surface area contributed by atoms with Crippen LogP contribution in [0.4, 0.5) is 8.78 Å². The van der Waals surface area contributed by atoms with Gasteiger partial charge in [-0.05, 0) is 30.8 Å². The van der Waals surface area contributed by atoms with E-state index in [9.17, 15) is 13.3 Å². The molecule has 0 amide bonds. The highest BCUT2D eigenvalue weighted by atomic mass is 35.5. The first-order valence-electron chi connectivity index (χ1n) is 4.83. The molecule has 0 bridgehead atoms. The summed E-state index contributed by atoms with van der Waals surface area (Å²) >= 11 is 4.82. The first kappa shape index (κ1) is 15.0. The topological polar surface area (TPSA) is 62.8 Å². The van der Waals surface area contributed by atoms with Gasteiger partial charge in [-0.3, -0.25) is 4.98 Å². The number of halogens is 3. The van der Waals surface area contributed by atoms with E-state index in [1.165, 1.54) is 18.5 Å². The van der Waals surface area contributed by atoms with Crippen LogP contribution in [0.2, 0.25) is 0 Å². The van der Waals surface area contributed by atoms with E-state index >= 15 is 0 Å². The standard InChI is InChI=1S/C10H10ClF2N3OS/c1-7(16(6-14)18(2)17)8-3-4-9(15-5-8)10(11,12)13/h3-5,7H,1-2H3. The zero-order chi connectivity index (χ0) is 13.9. The Bertz CT molecular complexity index is 503. The Balaban J connectivity index is 3.08. The van der Waals surface area contributed by atoms with Crippen LogP contribution in [0.25, 0.3) is 0 Å². The van der Waals surface area contributed by atoms with Crippen LogP contribution in [0.5, 0.6) is 0 Å². The van der Waals surface area contributed by atoms with Gasteiger partial charge in [-0.1, -0.05) is 6.07 Å². The van der Waals surface area contributed by atoms with Gasteiger partial charge >= 0.3 is 11.6 Å². The summed E-state index contributed by atoms with van der Waals surface area (Å²) in [6.45, 7) is 1.63. The number of alkyl halides is 3. The van der Waals surface area contributed by atoms with Crippen LogP contribution in [-0.4, -0.2) is 19.7 Å². The van der Waals surface area contributed by atoms with Crippen LogP contribution in [0.15, 0.2) is 18.3 Å². The summed E-state index contributed by atoms with van der Waals surface area (Å²) in [7, 11) is -1.49. The zero-order valence-electron chi connectivity index (χ0n) is 9.60. The third-order valence-electron chi connectivity index (χ3n) is 2.29. The average Bonchev–Trinajstić information content (AvgIpc) is 2.28. The van der Waals surface area contributed by atoms with Crippen molar-refractivity contribution in [2.24, 2.45) is 0 Å². The maximum absolute atomic E-state index is 12.7. The van der Waals surface area contributed by atoms with E-state index in [1.807, 2.05) is 0 Å². The van der Waals surface area contributed by atoms with Gasteiger partial charge < -0.3 is 4.55 Å². The quantitative estimate of drug-likeness (QED) is 0.372. The molecule has 0 spiro atoms. The summed E-state index contributed by atoms with van der Waals surface area (Å²) in [5.74, 6) is 0. The Labute approximate surface area is 111 Å². The highest BCUT2D eigenvalue weighted by molar-refractivity contribution is 7.78. The molecule has 4 nitrogen and oxygen atoms in total. The number of pyridine rings is 1. The van der Waals surface area contributed by atoms with Gasteiger partial charge in [-0.25, -0.2) is 0 Å². The first-order valence-corrected chi connectivity index (χ1v) is 6.72.